The van der Waals surface area contributed by atoms with Crippen LogP contribution in [0, 0.1) is 0 Å². The smallest absolute Gasteiger partial charge is 0.258 e. The first kappa shape index (κ1) is 19.3. The van der Waals surface area contributed by atoms with Gasteiger partial charge in [-0.05, 0) is 43.7 Å². The van der Waals surface area contributed by atoms with E-state index in [1.54, 1.807) is 31.4 Å². The second-order valence-corrected chi connectivity index (χ2v) is 5.57. The zero-order valence-electron chi connectivity index (χ0n) is 15.2. The first-order valence-corrected chi connectivity index (χ1v) is 8.33. The number of carbonyl (C=O) groups is 2. The molecule has 6 nitrogen and oxygen atoms in total. The van der Waals surface area contributed by atoms with Gasteiger partial charge in [0.1, 0.15) is 5.75 Å². The highest BCUT2D eigenvalue weighted by atomic mass is 16.5. The van der Waals surface area contributed by atoms with E-state index in [-0.39, 0.29) is 18.3 Å². The molecule has 0 heterocycles. The molecular formula is C20H23NO5. The monoisotopic (exact) mass is 357 g/mol. The number of hydrogen-bond acceptors (Lipinski definition) is 5. The summed E-state index contributed by atoms with van der Waals surface area (Å²) in [5.41, 5.74) is 1.43. The lowest BCUT2D eigenvalue weighted by molar-refractivity contribution is -0.123. The average Bonchev–Trinajstić information content (AvgIpc) is 2.66. The Hall–Kier alpha value is -3.02. The molecule has 0 fully saturated rings. The van der Waals surface area contributed by atoms with E-state index >= 15 is 0 Å². The van der Waals surface area contributed by atoms with Crippen molar-refractivity contribution in [1.29, 1.82) is 0 Å². The van der Waals surface area contributed by atoms with Gasteiger partial charge in [-0.3, -0.25) is 9.59 Å². The van der Waals surface area contributed by atoms with Gasteiger partial charge in [0.05, 0.1) is 13.7 Å². The molecule has 2 rings (SSSR count). The number of nitrogens with one attached hydrogen (secondary N) is 1. The maximum Gasteiger partial charge on any atom is 0.258 e. The van der Waals surface area contributed by atoms with Gasteiger partial charge in [0.2, 0.25) is 0 Å². The van der Waals surface area contributed by atoms with Crippen LogP contribution in [0.4, 0.5) is 0 Å². The molecule has 26 heavy (non-hydrogen) atoms. The molecule has 0 saturated carbocycles. The number of benzene rings is 2. The Labute approximate surface area is 153 Å². The SMILES string of the molecule is CCOc1ccc(CNC(=O)COc2cccc(C(C)=O)c2)cc1OC. The molecule has 0 unspecified atom stereocenters. The summed E-state index contributed by atoms with van der Waals surface area (Å²) in [5, 5.41) is 2.78. The van der Waals surface area contributed by atoms with Gasteiger partial charge in [0, 0.05) is 12.1 Å². The lowest BCUT2D eigenvalue weighted by Crippen LogP contribution is -2.28. The summed E-state index contributed by atoms with van der Waals surface area (Å²) in [4.78, 5) is 23.3. The molecule has 0 spiro atoms. The minimum atomic E-state index is -0.258. The van der Waals surface area contributed by atoms with E-state index in [4.69, 9.17) is 14.2 Å². The summed E-state index contributed by atoms with van der Waals surface area (Å²) < 4.78 is 16.2. The maximum absolute atomic E-state index is 12.0. The Morgan fingerprint density at radius 3 is 2.54 bits per heavy atom. The Morgan fingerprint density at radius 2 is 1.85 bits per heavy atom. The highest BCUT2D eigenvalue weighted by molar-refractivity contribution is 5.94. The molecule has 1 N–H and O–H groups in total. The van der Waals surface area contributed by atoms with Crippen LogP contribution in [0.15, 0.2) is 42.5 Å². The topological polar surface area (TPSA) is 73.9 Å². The van der Waals surface area contributed by atoms with Crippen molar-refractivity contribution in [2.24, 2.45) is 0 Å². The van der Waals surface area contributed by atoms with Gasteiger partial charge in [0.25, 0.3) is 5.91 Å². The fourth-order valence-electron chi connectivity index (χ4n) is 2.30. The molecule has 0 atom stereocenters. The number of Topliss-reactive ketones (excluding diaryl/α,β-unsaturated/α-hetero) is 1. The Morgan fingerprint density at radius 1 is 1.04 bits per heavy atom. The maximum atomic E-state index is 12.0. The highest BCUT2D eigenvalue weighted by Gasteiger charge is 2.08. The molecule has 138 valence electrons. The zero-order chi connectivity index (χ0) is 18.9. The van der Waals surface area contributed by atoms with Crippen LogP contribution in [0.5, 0.6) is 17.2 Å². The van der Waals surface area contributed by atoms with Crippen molar-refractivity contribution in [2.75, 3.05) is 20.3 Å². The predicted molar refractivity (Wildman–Crippen MR) is 98.0 cm³/mol. The van der Waals surface area contributed by atoms with Crippen LogP contribution in [0.2, 0.25) is 0 Å². The summed E-state index contributed by atoms with van der Waals surface area (Å²) >= 11 is 0. The first-order valence-electron chi connectivity index (χ1n) is 8.33. The first-order chi connectivity index (χ1) is 12.5. The van der Waals surface area contributed by atoms with Gasteiger partial charge in [-0.25, -0.2) is 0 Å². The molecular weight excluding hydrogens is 334 g/mol. The van der Waals surface area contributed by atoms with E-state index in [1.165, 1.54) is 6.92 Å². The van der Waals surface area contributed by atoms with Crippen molar-refractivity contribution in [2.45, 2.75) is 20.4 Å². The number of rotatable bonds is 9. The normalized spacial score (nSPS) is 10.1. The van der Waals surface area contributed by atoms with Gasteiger partial charge >= 0.3 is 0 Å². The predicted octanol–water partition coefficient (Wildman–Crippen LogP) is 2.99. The number of methoxy groups -OCH3 is 1. The molecule has 1 amide bonds. The van der Waals surface area contributed by atoms with Crippen molar-refractivity contribution < 1.29 is 23.8 Å². The van der Waals surface area contributed by atoms with Crippen LogP contribution in [0.1, 0.15) is 29.8 Å². The largest absolute Gasteiger partial charge is 0.493 e. The molecule has 2 aromatic carbocycles. The van der Waals surface area contributed by atoms with Crippen molar-refractivity contribution in [1.82, 2.24) is 5.32 Å². The zero-order valence-corrected chi connectivity index (χ0v) is 15.2. The molecule has 0 saturated heterocycles. The van der Waals surface area contributed by atoms with Gasteiger partial charge in [-0.2, -0.15) is 0 Å². The van der Waals surface area contributed by atoms with E-state index in [9.17, 15) is 9.59 Å². The Bertz CT molecular complexity index is 773. The van der Waals surface area contributed by atoms with Gasteiger partial charge in [0.15, 0.2) is 23.9 Å². The molecule has 0 aromatic heterocycles. The standard InChI is InChI=1S/C20H23NO5/c1-4-25-18-9-8-15(10-19(18)24-3)12-21-20(23)13-26-17-7-5-6-16(11-17)14(2)22/h5-11H,4,12-13H2,1-3H3,(H,21,23). The molecule has 0 radical (unpaired) electrons. The fraction of sp³-hybridized carbons (Fsp3) is 0.300. The van der Waals surface area contributed by atoms with Gasteiger partial charge in [-0.1, -0.05) is 18.2 Å². The van der Waals surface area contributed by atoms with Crippen LogP contribution in [-0.4, -0.2) is 32.0 Å². The minimum Gasteiger partial charge on any atom is -0.493 e. The molecule has 0 aliphatic carbocycles. The summed E-state index contributed by atoms with van der Waals surface area (Å²) in [6, 6.07) is 12.2. The van der Waals surface area contributed by atoms with Crippen molar-refractivity contribution in [3.05, 3.63) is 53.6 Å². The second kappa shape index (κ2) is 9.46. The van der Waals surface area contributed by atoms with Crippen LogP contribution in [0.25, 0.3) is 0 Å². The van der Waals surface area contributed by atoms with Crippen molar-refractivity contribution in [3.63, 3.8) is 0 Å². The number of ketones is 1. The van der Waals surface area contributed by atoms with Crippen molar-refractivity contribution in [3.8, 4) is 17.2 Å². The summed E-state index contributed by atoms with van der Waals surface area (Å²) in [6.07, 6.45) is 0. The number of hydrogen-bond donors (Lipinski definition) is 1. The Balaban J connectivity index is 1.87. The van der Waals surface area contributed by atoms with Crippen LogP contribution < -0.4 is 19.5 Å². The van der Waals surface area contributed by atoms with E-state index in [2.05, 4.69) is 5.32 Å². The van der Waals surface area contributed by atoms with Crippen LogP contribution in [-0.2, 0) is 11.3 Å². The Kier molecular flexibility index (Phi) is 7.02. The molecule has 0 aliphatic rings. The van der Waals surface area contributed by atoms with Gasteiger partial charge < -0.3 is 19.5 Å². The molecule has 0 aliphatic heterocycles. The molecule has 2 aromatic rings. The van der Waals surface area contributed by atoms with Gasteiger partial charge in [-0.15, -0.1) is 0 Å². The van der Waals surface area contributed by atoms with E-state index in [1.807, 2.05) is 25.1 Å². The lowest BCUT2D eigenvalue weighted by atomic mass is 10.1. The number of ether oxygens (including phenoxy) is 3. The van der Waals surface area contributed by atoms with E-state index < -0.39 is 0 Å². The number of amides is 1. The second-order valence-electron chi connectivity index (χ2n) is 5.57. The van der Waals surface area contributed by atoms with E-state index in [0.29, 0.717) is 36.0 Å². The third-order valence-electron chi connectivity index (χ3n) is 3.63. The highest BCUT2D eigenvalue weighted by Crippen LogP contribution is 2.27. The summed E-state index contributed by atoms with van der Waals surface area (Å²) in [5.74, 6) is 1.46. The summed E-state index contributed by atoms with van der Waals surface area (Å²) in [6.45, 7) is 4.15. The quantitative estimate of drug-likeness (QED) is 0.699. The number of carbonyl (C=O) groups excluding carboxylic acids is 2. The fourth-order valence-corrected chi connectivity index (χ4v) is 2.30. The molecule has 0 bridgehead atoms. The average molecular weight is 357 g/mol. The third kappa shape index (κ3) is 5.51. The summed E-state index contributed by atoms with van der Waals surface area (Å²) in [7, 11) is 1.57. The lowest BCUT2D eigenvalue weighted by Gasteiger charge is -2.12. The van der Waals surface area contributed by atoms with Crippen molar-refractivity contribution >= 4 is 11.7 Å². The third-order valence-corrected chi connectivity index (χ3v) is 3.63. The van der Waals surface area contributed by atoms with Crippen LogP contribution in [0.3, 0.4) is 0 Å². The minimum absolute atomic E-state index is 0.0515. The van der Waals surface area contributed by atoms with Crippen LogP contribution >= 0.6 is 0 Å². The molecule has 6 heteroatoms. The van der Waals surface area contributed by atoms with E-state index in [0.717, 1.165) is 5.56 Å².